The highest BCUT2D eigenvalue weighted by atomic mass is 32.1. The van der Waals surface area contributed by atoms with Crippen LogP contribution in [0.15, 0.2) is 12.3 Å². The first-order valence-corrected chi connectivity index (χ1v) is 5.06. The number of nitrogens with one attached hydrogen (secondary N) is 1. The Morgan fingerprint density at radius 3 is 2.67 bits per heavy atom. The molecule has 2 aromatic rings. The van der Waals surface area contributed by atoms with Crippen LogP contribution in [0.25, 0.3) is 11.3 Å². The molecule has 2 rings (SSSR count). The SMILES string of the molecule is Cc1nn(C)c(C)c1-c1ccnc(=S)[nH]1. The number of aromatic nitrogens is 4. The molecule has 0 unspecified atom stereocenters. The van der Waals surface area contributed by atoms with Gasteiger partial charge in [0.05, 0.1) is 11.4 Å². The molecule has 0 fully saturated rings. The molecule has 0 aliphatic carbocycles. The molecular formula is C10H12N4S. The molecule has 0 atom stereocenters. The summed E-state index contributed by atoms with van der Waals surface area (Å²) in [4.78, 5) is 7.03. The Morgan fingerprint density at radius 2 is 2.13 bits per heavy atom. The third-order valence-electron chi connectivity index (χ3n) is 2.45. The van der Waals surface area contributed by atoms with Crippen molar-refractivity contribution in [3.8, 4) is 11.3 Å². The molecule has 4 nitrogen and oxygen atoms in total. The standard InChI is InChI=1S/C10H12N4S/c1-6-9(7(2)14(3)13-6)8-4-5-11-10(15)12-8/h4-5H,1-3H3,(H,11,12,15). The Balaban J connectivity index is 2.68. The molecule has 15 heavy (non-hydrogen) atoms. The first-order chi connectivity index (χ1) is 7.09. The van der Waals surface area contributed by atoms with Gasteiger partial charge in [0.2, 0.25) is 0 Å². The summed E-state index contributed by atoms with van der Waals surface area (Å²) in [5, 5.41) is 4.36. The van der Waals surface area contributed by atoms with Crippen molar-refractivity contribution in [1.29, 1.82) is 0 Å². The second-order valence-corrected chi connectivity index (χ2v) is 3.84. The summed E-state index contributed by atoms with van der Waals surface area (Å²) in [6, 6.07) is 1.91. The maximum Gasteiger partial charge on any atom is 0.197 e. The van der Waals surface area contributed by atoms with Gasteiger partial charge in [0.15, 0.2) is 4.77 Å². The molecule has 1 N–H and O–H groups in total. The fourth-order valence-electron chi connectivity index (χ4n) is 1.68. The van der Waals surface area contributed by atoms with Crippen molar-refractivity contribution < 1.29 is 0 Å². The molecule has 2 heterocycles. The zero-order valence-electron chi connectivity index (χ0n) is 8.90. The Morgan fingerprint density at radius 1 is 1.40 bits per heavy atom. The van der Waals surface area contributed by atoms with Gasteiger partial charge in [0, 0.05) is 24.5 Å². The van der Waals surface area contributed by atoms with Gasteiger partial charge in [0.25, 0.3) is 0 Å². The van der Waals surface area contributed by atoms with Crippen molar-refractivity contribution in [3.63, 3.8) is 0 Å². The van der Waals surface area contributed by atoms with Gasteiger partial charge in [-0.15, -0.1) is 0 Å². The van der Waals surface area contributed by atoms with E-state index < -0.39 is 0 Å². The van der Waals surface area contributed by atoms with Crippen LogP contribution in [0, 0.1) is 18.6 Å². The van der Waals surface area contributed by atoms with Crippen LogP contribution in [0.4, 0.5) is 0 Å². The molecule has 0 radical (unpaired) electrons. The molecule has 0 amide bonds. The molecule has 2 aromatic heterocycles. The Hall–Kier alpha value is -1.49. The Labute approximate surface area is 93.0 Å². The van der Waals surface area contributed by atoms with Crippen molar-refractivity contribution in [2.24, 2.45) is 7.05 Å². The van der Waals surface area contributed by atoms with Crippen LogP contribution in [-0.2, 0) is 7.05 Å². The van der Waals surface area contributed by atoms with E-state index in [1.54, 1.807) is 6.20 Å². The fraction of sp³-hybridized carbons (Fsp3) is 0.300. The maximum absolute atomic E-state index is 5.00. The van der Waals surface area contributed by atoms with E-state index >= 15 is 0 Å². The lowest BCUT2D eigenvalue weighted by Crippen LogP contribution is -1.93. The minimum Gasteiger partial charge on any atom is -0.330 e. The predicted octanol–water partition coefficient (Wildman–Crippen LogP) is 2.16. The largest absolute Gasteiger partial charge is 0.330 e. The van der Waals surface area contributed by atoms with Crippen molar-refractivity contribution in [3.05, 3.63) is 28.4 Å². The van der Waals surface area contributed by atoms with Crippen LogP contribution in [0.1, 0.15) is 11.4 Å². The zero-order chi connectivity index (χ0) is 11.0. The van der Waals surface area contributed by atoms with Gasteiger partial charge in [0.1, 0.15) is 0 Å². The van der Waals surface area contributed by atoms with E-state index in [1.165, 1.54) is 0 Å². The van der Waals surface area contributed by atoms with Gasteiger partial charge in [-0.3, -0.25) is 4.68 Å². The highest BCUT2D eigenvalue weighted by molar-refractivity contribution is 7.71. The van der Waals surface area contributed by atoms with E-state index in [1.807, 2.05) is 31.6 Å². The lowest BCUT2D eigenvalue weighted by atomic mass is 10.1. The molecule has 0 bridgehead atoms. The second kappa shape index (κ2) is 3.58. The molecule has 5 heteroatoms. The Bertz CT molecular complexity index is 553. The highest BCUT2D eigenvalue weighted by Gasteiger charge is 2.11. The number of rotatable bonds is 1. The number of H-pyrrole nitrogens is 1. The number of aryl methyl sites for hydroxylation is 2. The molecule has 0 aromatic carbocycles. The van der Waals surface area contributed by atoms with Gasteiger partial charge in [-0.25, -0.2) is 4.98 Å². The average molecular weight is 220 g/mol. The zero-order valence-corrected chi connectivity index (χ0v) is 9.72. The third-order valence-corrected chi connectivity index (χ3v) is 2.66. The maximum atomic E-state index is 5.00. The lowest BCUT2D eigenvalue weighted by molar-refractivity contribution is 0.731. The summed E-state index contributed by atoms with van der Waals surface area (Å²) in [6.45, 7) is 4.02. The molecule has 0 aliphatic rings. The van der Waals surface area contributed by atoms with Crippen LogP contribution in [0.3, 0.4) is 0 Å². The van der Waals surface area contributed by atoms with Crippen molar-refractivity contribution >= 4 is 12.2 Å². The number of hydrogen-bond donors (Lipinski definition) is 1. The summed E-state index contributed by atoms with van der Waals surface area (Å²) in [6.07, 6.45) is 1.71. The predicted molar refractivity (Wildman–Crippen MR) is 61.1 cm³/mol. The second-order valence-electron chi connectivity index (χ2n) is 3.46. The van der Waals surface area contributed by atoms with Gasteiger partial charge in [-0.2, -0.15) is 5.10 Å². The van der Waals surface area contributed by atoms with Crippen molar-refractivity contribution in [2.45, 2.75) is 13.8 Å². The molecule has 0 aliphatic heterocycles. The first-order valence-electron chi connectivity index (χ1n) is 4.65. The van der Waals surface area contributed by atoms with E-state index in [9.17, 15) is 0 Å². The minimum absolute atomic E-state index is 0.496. The summed E-state index contributed by atoms with van der Waals surface area (Å²) in [7, 11) is 1.93. The molecule has 0 spiro atoms. The average Bonchev–Trinajstić information content (AvgIpc) is 2.41. The normalized spacial score (nSPS) is 10.6. The minimum atomic E-state index is 0.496. The molecule has 0 saturated carbocycles. The molecular weight excluding hydrogens is 208 g/mol. The smallest absolute Gasteiger partial charge is 0.197 e. The lowest BCUT2D eigenvalue weighted by Gasteiger charge is -2.01. The van der Waals surface area contributed by atoms with Gasteiger partial charge >= 0.3 is 0 Å². The van der Waals surface area contributed by atoms with E-state index in [0.29, 0.717) is 4.77 Å². The number of hydrogen-bond acceptors (Lipinski definition) is 3. The summed E-state index contributed by atoms with van der Waals surface area (Å²) in [5.74, 6) is 0. The van der Waals surface area contributed by atoms with Crippen LogP contribution in [-0.4, -0.2) is 19.7 Å². The van der Waals surface area contributed by atoms with Crippen LogP contribution < -0.4 is 0 Å². The number of aromatic amines is 1. The quantitative estimate of drug-likeness (QED) is 0.749. The topological polar surface area (TPSA) is 46.5 Å². The van der Waals surface area contributed by atoms with Crippen LogP contribution in [0.2, 0.25) is 0 Å². The van der Waals surface area contributed by atoms with Crippen LogP contribution >= 0.6 is 12.2 Å². The monoisotopic (exact) mass is 220 g/mol. The summed E-state index contributed by atoms with van der Waals surface area (Å²) in [5.41, 5.74) is 4.18. The molecule has 0 saturated heterocycles. The Kier molecular flexibility index (Phi) is 2.40. The summed E-state index contributed by atoms with van der Waals surface area (Å²) >= 11 is 5.00. The van der Waals surface area contributed by atoms with E-state index in [-0.39, 0.29) is 0 Å². The van der Waals surface area contributed by atoms with Crippen LogP contribution in [0.5, 0.6) is 0 Å². The number of nitrogens with zero attached hydrogens (tertiary/aromatic N) is 3. The van der Waals surface area contributed by atoms with E-state index in [0.717, 1.165) is 22.6 Å². The summed E-state index contributed by atoms with van der Waals surface area (Å²) < 4.78 is 2.36. The van der Waals surface area contributed by atoms with E-state index in [4.69, 9.17) is 12.2 Å². The highest BCUT2D eigenvalue weighted by Crippen LogP contribution is 2.23. The van der Waals surface area contributed by atoms with Gasteiger partial charge in [-0.05, 0) is 32.1 Å². The first kappa shape index (κ1) is 10.0. The fourth-order valence-corrected chi connectivity index (χ4v) is 1.85. The van der Waals surface area contributed by atoms with Gasteiger partial charge < -0.3 is 4.98 Å². The van der Waals surface area contributed by atoms with E-state index in [2.05, 4.69) is 15.1 Å². The van der Waals surface area contributed by atoms with Crippen molar-refractivity contribution in [1.82, 2.24) is 19.7 Å². The van der Waals surface area contributed by atoms with Crippen molar-refractivity contribution in [2.75, 3.05) is 0 Å². The van der Waals surface area contributed by atoms with Gasteiger partial charge in [-0.1, -0.05) is 0 Å². The molecule has 78 valence electrons. The third kappa shape index (κ3) is 1.70.